The Morgan fingerprint density at radius 3 is 2.68 bits per heavy atom. The van der Waals surface area contributed by atoms with E-state index in [1.807, 2.05) is 30.1 Å². The third-order valence-corrected chi connectivity index (χ3v) is 6.27. The third kappa shape index (κ3) is 3.54. The second-order valence-electron chi connectivity index (χ2n) is 8.10. The van der Waals surface area contributed by atoms with Gasteiger partial charge in [-0.1, -0.05) is 13.3 Å². The van der Waals surface area contributed by atoms with Crippen LogP contribution in [-0.4, -0.2) is 70.7 Å². The van der Waals surface area contributed by atoms with Crippen molar-refractivity contribution in [3.05, 3.63) is 17.5 Å². The van der Waals surface area contributed by atoms with E-state index in [0.29, 0.717) is 5.92 Å². The number of rotatable bonds is 6. The highest BCUT2D eigenvalue weighted by Crippen LogP contribution is 2.43. The van der Waals surface area contributed by atoms with Gasteiger partial charge in [-0.05, 0) is 45.7 Å². The lowest BCUT2D eigenvalue weighted by atomic mass is 9.74. The number of aromatic amines is 1. The van der Waals surface area contributed by atoms with Crippen LogP contribution in [0.25, 0.3) is 0 Å². The largest absolute Gasteiger partial charge is 0.325 e. The molecule has 2 fully saturated rings. The maximum absolute atomic E-state index is 12.2. The van der Waals surface area contributed by atoms with Crippen LogP contribution in [0.3, 0.4) is 0 Å². The van der Waals surface area contributed by atoms with Crippen molar-refractivity contribution in [3.8, 4) is 0 Å². The van der Waals surface area contributed by atoms with E-state index in [1.165, 1.54) is 24.1 Å². The van der Waals surface area contributed by atoms with E-state index < -0.39 is 0 Å². The molecule has 3 rings (SSSR count). The van der Waals surface area contributed by atoms with Crippen molar-refractivity contribution in [2.24, 2.45) is 0 Å². The van der Waals surface area contributed by atoms with Gasteiger partial charge in [-0.2, -0.15) is 5.10 Å². The lowest BCUT2D eigenvalue weighted by Crippen LogP contribution is -2.47. The second-order valence-corrected chi connectivity index (χ2v) is 8.10. The van der Waals surface area contributed by atoms with Crippen molar-refractivity contribution in [1.29, 1.82) is 0 Å². The van der Waals surface area contributed by atoms with Gasteiger partial charge in [-0.15, -0.1) is 0 Å². The Kier molecular flexibility index (Phi) is 5.37. The predicted octanol–water partition coefficient (Wildman–Crippen LogP) is 3.04. The summed E-state index contributed by atoms with van der Waals surface area (Å²) in [6, 6.07) is 0.165. The maximum Gasteiger partial charge on any atom is 0.320 e. The zero-order chi connectivity index (χ0) is 18.0. The Bertz CT molecular complexity index is 590. The van der Waals surface area contributed by atoms with Crippen LogP contribution in [0.15, 0.2) is 6.20 Å². The van der Waals surface area contributed by atoms with Crippen LogP contribution in [0.2, 0.25) is 0 Å². The minimum absolute atomic E-state index is 0.0421. The molecule has 1 spiro atoms. The monoisotopic (exact) mass is 347 g/mol. The molecule has 1 saturated carbocycles. The summed E-state index contributed by atoms with van der Waals surface area (Å²) in [6.07, 6.45) is 8.88. The molecule has 2 heterocycles. The number of carbonyl (C=O) groups is 1. The number of hydrogen-bond donors (Lipinski definition) is 1. The number of nitrogens with one attached hydrogen (secondary N) is 1. The van der Waals surface area contributed by atoms with E-state index in [9.17, 15) is 4.79 Å². The minimum atomic E-state index is 0.0421. The standard InChI is InChI=1S/C19H33N5O/c1-5-6-11-22(2)13-16-12-20-21-17(16)15-7-9-19(10-8-15)14-23(3)18(25)24(19)4/h12,15H,5-11,13-14H2,1-4H3,(H,20,21). The number of urea groups is 1. The second kappa shape index (κ2) is 7.36. The molecule has 140 valence electrons. The maximum atomic E-state index is 12.2. The van der Waals surface area contributed by atoms with Gasteiger partial charge in [-0.3, -0.25) is 5.10 Å². The molecule has 1 aromatic heterocycles. The fourth-order valence-electron chi connectivity index (χ4n) is 4.61. The van der Waals surface area contributed by atoms with Gasteiger partial charge in [0.2, 0.25) is 0 Å². The highest BCUT2D eigenvalue weighted by atomic mass is 16.2. The van der Waals surface area contributed by atoms with E-state index in [-0.39, 0.29) is 11.6 Å². The van der Waals surface area contributed by atoms with E-state index in [4.69, 9.17) is 0 Å². The van der Waals surface area contributed by atoms with Crippen LogP contribution in [0, 0.1) is 0 Å². The molecule has 2 aliphatic rings. The molecule has 25 heavy (non-hydrogen) atoms. The van der Waals surface area contributed by atoms with Crippen molar-refractivity contribution in [1.82, 2.24) is 24.9 Å². The number of H-pyrrole nitrogens is 1. The number of hydrogen-bond acceptors (Lipinski definition) is 3. The van der Waals surface area contributed by atoms with Gasteiger partial charge in [0.05, 0.1) is 11.7 Å². The van der Waals surface area contributed by atoms with Gasteiger partial charge in [0.1, 0.15) is 0 Å². The Morgan fingerprint density at radius 1 is 1.36 bits per heavy atom. The molecule has 1 aliphatic carbocycles. The SMILES string of the molecule is CCCCN(C)Cc1cn[nH]c1C1CCC2(CC1)CN(C)C(=O)N2C. The first-order valence-electron chi connectivity index (χ1n) is 9.66. The molecule has 1 aliphatic heterocycles. The quantitative estimate of drug-likeness (QED) is 0.860. The number of amides is 2. The summed E-state index contributed by atoms with van der Waals surface area (Å²) in [5, 5.41) is 7.61. The minimum Gasteiger partial charge on any atom is -0.325 e. The molecule has 0 bridgehead atoms. The van der Waals surface area contributed by atoms with Crippen LogP contribution in [-0.2, 0) is 6.54 Å². The van der Waals surface area contributed by atoms with E-state index in [2.05, 4.69) is 29.1 Å². The summed E-state index contributed by atoms with van der Waals surface area (Å²) < 4.78 is 0. The summed E-state index contributed by atoms with van der Waals surface area (Å²) in [4.78, 5) is 18.4. The molecule has 0 aromatic carbocycles. The third-order valence-electron chi connectivity index (χ3n) is 6.27. The normalized spacial score (nSPS) is 27.1. The molecule has 1 N–H and O–H groups in total. The van der Waals surface area contributed by atoms with Crippen molar-refractivity contribution in [2.75, 3.05) is 34.2 Å². The molecule has 1 aromatic rings. The molecular formula is C19H33N5O. The van der Waals surface area contributed by atoms with Gasteiger partial charge >= 0.3 is 6.03 Å². The number of nitrogens with zero attached hydrogens (tertiary/aromatic N) is 4. The highest BCUT2D eigenvalue weighted by molar-refractivity contribution is 5.77. The van der Waals surface area contributed by atoms with Crippen LogP contribution in [0.5, 0.6) is 0 Å². The van der Waals surface area contributed by atoms with Crippen molar-refractivity contribution in [2.45, 2.75) is 63.5 Å². The fourth-order valence-corrected chi connectivity index (χ4v) is 4.61. The fraction of sp³-hybridized carbons (Fsp3) is 0.789. The van der Waals surface area contributed by atoms with Gasteiger partial charge in [0, 0.05) is 44.4 Å². The predicted molar refractivity (Wildman–Crippen MR) is 99.6 cm³/mol. The highest BCUT2D eigenvalue weighted by Gasteiger charge is 2.48. The first kappa shape index (κ1) is 18.2. The Balaban J connectivity index is 1.62. The average Bonchev–Trinajstić information content (AvgIpc) is 3.14. The number of carbonyl (C=O) groups excluding carboxylic acids is 1. The first-order valence-corrected chi connectivity index (χ1v) is 9.66. The molecule has 0 radical (unpaired) electrons. The number of likely N-dealkylation sites (N-methyl/N-ethyl adjacent to an activating group) is 2. The Labute approximate surface area is 151 Å². The molecule has 6 heteroatoms. The summed E-state index contributed by atoms with van der Waals surface area (Å²) >= 11 is 0. The summed E-state index contributed by atoms with van der Waals surface area (Å²) in [5.74, 6) is 0.539. The molecule has 2 amide bonds. The molecule has 1 saturated heterocycles. The molecular weight excluding hydrogens is 314 g/mol. The lowest BCUT2D eigenvalue weighted by Gasteiger charge is -2.40. The van der Waals surface area contributed by atoms with Crippen LogP contribution < -0.4 is 0 Å². The average molecular weight is 348 g/mol. The first-order chi connectivity index (χ1) is 12.0. The van der Waals surface area contributed by atoms with Crippen LogP contribution in [0.4, 0.5) is 4.79 Å². The molecule has 0 atom stereocenters. The van der Waals surface area contributed by atoms with Crippen molar-refractivity contribution in [3.63, 3.8) is 0 Å². The van der Waals surface area contributed by atoms with Gasteiger partial charge < -0.3 is 14.7 Å². The summed E-state index contributed by atoms with van der Waals surface area (Å²) in [6.45, 7) is 5.20. The Hall–Kier alpha value is -1.56. The molecule has 6 nitrogen and oxygen atoms in total. The van der Waals surface area contributed by atoms with Crippen LogP contribution >= 0.6 is 0 Å². The zero-order valence-electron chi connectivity index (χ0n) is 16.2. The summed E-state index contributed by atoms with van der Waals surface area (Å²) in [7, 11) is 6.08. The van der Waals surface area contributed by atoms with E-state index in [1.54, 1.807) is 0 Å². The topological polar surface area (TPSA) is 55.5 Å². The van der Waals surface area contributed by atoms with Gasteiger partial charge in [-0.25, -0.2) is 4.79 Å². The summed E-state index contributed by atoms with van der Waals surface area (Å²) in [5.41, 5.74) is 2.70. The zero-order valence-corrected chi connectivity index (χ0v) is 16.2. The van der Waals surface area contributed by atoms with Crippen molar-refractivity contribution < 1.29 is 4.79 Å². The van der Waals surface area contributed by atoms with Crippen molar-refractivity contribution >= 4 is 6.03 Å². The van der Waals surface area contributed by atoms with E-state index in [0.717, 1.165) is 45.3 Å². The smallest absolute Gasteiger partial charge is 0.320 e. The van der Waals surface area contributed by atoms with Crippen LogP contribution in [0.1, 0.15) is 62.6 Å². The number of aromatic nitrogens is 2. The Morgan fingerprint density at radius 2 is 2.08 bits per heavy atom. The lowest BCUT2D eigenvalue weighted by molar-refractivity contribution is 0.132. The number of unbranched alkanes of at least 4 members (excludes halogenated alkanes) is 1. The van der Waals surface area contributed by atoms with Gasteiger partial charge in [0.15, 0.2) is 0 Å². The molecule has 0 unspecified atom stereocenters. The van der Waals surface area contributed by atoms with Gasteiger partial charge in [0.25, 0.3) is 0 Å². The van der Waals surface area contributed by atoms with E-state index >= 15 is 0 Å².